The lowest BCUT2D eigenvalue weighted by Gasteiger charge is -2.17. The molecule has 1 aromatic heterocycles. The van der Waals surface area contributed by atoms with Crippen molar-refractivity contribution >= 4 is 11.3 Å². The molecule has 19 heavy (non-hydrogen) atoms. The Balaban J connectivity index is 2.00. The molecule has 1 atom stereocenters. The first-order chi connectivity index (χ1) is 9.19. The van der Waals surface area contributed by atoms with Gasteiger partial charge in [0.15, 0.2) is 0 Å². The van der Waals surface area contributed by atoms with Crippen molar-refractivity contribution in [1.82, 2.24) is 5.32 Å². The SMILES string of the molecule is CNC(c1ccc2c(c1)COC2)c1cc(C)sc1C. The molecule has 0 aliphatic carbocycles. The fraction of sp³-hybridized carbons (Fsp3) is 0.375. The van der Waals surface area contributed by atoms with Gasteiger partial charge in [0.1, 0.15) is 0 Å². The van der Waals surface area contributed by atoms with Crippen molar-refractivity contribution in [2.24, 2.45) is 0 Å². The predicted molar refractivity (Wildman–Crippen MR) is 79.6 cm³/mol. The van der Waals surface area contributed by atoms with Gasteiger partial charge in [-0.3, -0.25) is 0 Å². The maximum absolute atomic E-state index is 5.50. The second-order valence-electron chi connectivity index (χ2n) is 5.11. The quantitative estimate of drug-likeness (QED) is 0.920. The van der Waals surface area contributed by atoms with Crippen LogP contribution in [0.25, 0.3) is 0 Å². The Bertz CT molecular complexity index is 603. The Labute approximate surface area is 118 Å². The van der Waals surface area contributed by atoms with Crippen LogP contribution in [-0.4, -0.2) is 7.05 Å². The molecule has 0 radical (unpaired) electrons. The van der Waals surface area contributed by atoms with Crippen molar-refractivity contribution in [2.45, 2.75) is 33.1 Å². The normalized spacial score (nSPS) is 15.5. The Morgan fingerprint density at radius 3 is 2.63 bits per heavy atom. The standard InChI is InChI=1S/C16H19NOS/c1-10-6-15(11(2)19-10)16(17-3)12-4-5-13-8-18-9-14(13)7-12/h4-7,16-17H,8-9H2,1-3H3. The molecule has 0 saturated heterocycles. The van der Waals surface area contributed by atoms with E-state index in [1.165, 1.54) is 32.0 Å². The van der Waals surface area contributed by atoms with Gasteiger partial charge in [-0.05, 0) is 49.2 Å². The molecular formula is C16H19NOS. The van der Waals surface area contributed by atoms with Crippen molar-refractivity contribution in [1.29, 1.82) is 0 Å². The van der Waals surface area contributed by atoms with Crippen LogP contribution in [0.2, 0.25) is 0 Å². The molecule has 2 aromatic rings. The smallest absolute Gasteiger partial charge is 0.0725 e. The van der Waals surface area contributed by atoms with E-state index in [0.717, 1.165) is 13.2 Å². The van der Waals surface area contributed by atoms with Crippen molar-refractivity contribution in [3.8, 4) is 0 Å². The highest BCUT2D eigenvalue weighted by Gasteiger charge is 2.19. The summed E-state index contributed by atoms with van der Waals surface area (Å²) in [4.78, 5) is 2.77. The Morgan fingerprint density at radius 2 is 1.95 bits per heavy atom. The number of hydrogen-bond acceptors (Lipinski definition) is 3. The first-order valence-electron chi connectivity index (χ1n) is 6.62. The van der Waals surface area contributed by atoms with Gasteiger partial charge in [0, 0.05) is 9.75 Å². The molecule has 100 valence electrons. The molecule has 0 saturated carbocycles. The summed E-state index contributed by atoms with van der Waals surface area (Å²) in [6, 6.07) is 9.29. The summed E-state index contributed by atoms with van der Waals surface area (Å²) in [5.74, 6) is 0. The summed E-state index contributed by atoms with van der Waals surface area (Å²) >= 11 is 1.87. The summed E-state index contributed by atoms with van der Waals surface area (Å²) in [5, 5.41) is 3.45. The van der Waals surface area contributed by atoms with E-state index in [-0.39, 0.29) is 6.04 Å². The van der Waals surface area contributed by atoms with Crippen LogP contribution in [0.3, 0.4) is 0 Å². The van der Waals surface area contributed by atoms with Crippen molar-refractivity contribution < 1.29 is 4.74 Å². The fourth-order valence-corrected chi connectivity index (χ4v) is 3.77. The third-order valence-corrected chi connectivity index (χ3v) is 4.74. The minimum Gasteiger partial charge on any atom is -0.372 e. The molecule has 0 spiro atoms. The van der Waals surface area contributed by atoms with Gasteiger partial charge in [0.05, 0.1) is 19.3 Å². The molecule has 1 aliphatic heterocycles. The number of fused-ring (bicyclic) bond motifs is 1. The summed E-state index contributed by atoms with van der Waals surface area (Å²) in [6.45, 7) is 5.88. The summed E-state index contributed by atoms with van der Waals surface area (Å²) in [6.07, 6.45) is 0. The molecular weight excluding hydrogens is 254 g/mol. The van der Waals surface area contributed by atoms with E-state index >= 15 is 0 Å². The molecule has 0 bridgehead atoms. The highest BCUT2D eigenvalue weighted by atomic mass is 32.1. The van der Waals surface area contributed by atoms with Gasteiger partial charge in [0.25, 0.3) is 0 Å². The van der Waals surface area contributed by atoms with E-state index < -0.39 is 0 Å². The van der Waals surface area contributed by atoms with Crippen LogP contribution in [0, 0.1) is 13.8 Å². The molecule has 2 nitrogen and oxygen atoms in total. The van der Waals surface area contributed by atoms with Crippen LogP contribution in [-0.2, 0) is 18.0 Å². The number of thiophene rings is 1. The van der Waals surface area contributed by atoms with Crippen molar-refractivity contribution in [2.75, 3.05) is 7.05 Å². The zero-order valence-electron chi connectivity index (χ0n) is 11.6. The lowest BCUT2D eigenvalue weighted by atomic mass is 9.96. The van der Waals surface area contributed by atoms with Crippen LogP contribution < -0.4 is 5.32 Å². The van der Waals surface area contributed by atoms with Crippen molar-refractivity contribution in [3.05, 3.63) is 56.3 Å². The minimum atomic E-state index is 0.274. The molecule has 3 heteroatoms. The number of rotatable bonds is 3. The molecule has 2 heterocycles. The van der Waals surface area contributed by atoms with Crippen LogP contribution >= 0.6 is 11.3 Å². The lowest BCUT2D eigenvalue weighted by molar-refractivity contribution is 0.134. The largest absolute Gasteiger partial charge is 0.372 e. The molecule has 1 unspecified atom stereocenters. The molecule has 1 N–H and O–H groups in total. The van der Waals surface area contributed by atoms with Gasteiger partial charge in [-0.15, -0.1) is 11.3 Å². The average molecular weight is 273 g/mol. The van der Waals surface area contributed by atoms with E-state index in [9.17, 15) is 0 Å². The number of hydrogen-bond donors (Lipinski definition) is 1. The molecule has 1 aliphatic rings. The second-order valence-corrected chi connectivity index (χ2v) is 6.57. The highest BCUT2D eigenvalue weighted by molar-refractivity contribution is 7.12. The predicted octanol–water partition coefficient (Wildman–Crippen LogP) is 3.70. The third-order valence-electron chi connectivity index (χ3n) is 3.76. The van der Waals surface area contributed by atoms with Crippen LogP contribution in [0.4, 0.5) is 0 Å². The molecule has 1 aromatic carbocycles. The second kappa shape index (κ2) is 5.08. The van der Waals surface area contributed by atoms with E-state index in [4.69, 9.17) is 4.74 Å². The van der Waals surface area contributed by atoms with Gasteiger partial charge in [-0.2, -0.15) is 0 Å². The van der Waals surface area contributed by atoms with E-state index in [1.54, 1.807) is 0 Å². The molecule has 0 fully saturated rings. The zero-order valence-corrected chi connectivity index (χ0v) is 12.4. The van der Waals surface area contributed by atoms with Gasteiger partial charge < -0.3 is 10.1 Å². The van der Waals surface area contributed by atoms with Crippen LogP contribution in [0.5, 0.6) is 0 Å². The third kappa shape index (κ3) is 2.34. The fourth-order valence-electron chi connectivity index (χ4n) is 2.81. The van der Waals surface area contributed by atoms with E-state index in [0.29, 0.717) is 0 Å². The zero-order chi connectivity index (χ0) is 13.4. The number of benzene rings is 1. The first kappa shape index (κ1) is 12.9. The van der Waals surface area contributed by atoms with Gasteiger partial charge >= 0.3 is 0 Å². The first-order valence-corrected chi connectivity index (χ1v) is 7.44. The number of ether oxygens (including phenoxy) is 1. The Kier molecular flexibility index (Phi) is 3.44. The van der Waals surface area contributed by atoms with Crippen LogP contribution in [0.15, 0.2) is 24.3 Å². The highest BCUT2D eigenvalue weighted by Crippen LogP contribution is 2.32. The maximum atomic E-state index is 5.50. The van der Waals surface area contributed by atoms with Gasteiger partial charge in [-0.1, -0.05) is 18.2 Å². The topological polar surface area (TPSA) is 21.3 Å². The van der Waals surface area contributed by atoms with Crippen molar-refractivity contribution in [3.63, 3.8) is 0 Å². The number of nitrogens with one attached hydrogen (secondary N) is 1. The lowest BCUT2D eigenvalue weighted by Crippen LogP contribution is -2.18. The molecule has 0 amide bonds. The molecule has 3 rings (SSSR count). The number of aryl methyl sites for hydroxylation is 2. The van der Waals surface area contributed by atoms with E-state index in [1.807, 2.05) is 18.4 Å². The maximum Gasteiger partial charge on any atom is 0.0725 e. The average Bonchev–Trinajstić information content (AvgIpc) is 2.97. The van der Waals surface area contributed by atoms with Crippen LogP contribution in [0.1, 0.15) is 38.0 Å². The summed E-state index contributed by atoms with van der Waals surface area (Å²) in [7, 11) is 2.03. The van der Waals surface area contributed by atoms with Gasteiger partial charge in [0.2, 0.25) is 0 Å². The summed E-state index contributed by atoms with van der Waals surface area (Å²) < 4.78 is 5.50. The van der Waals surface area contributed by atoms with E-state index in [2.05, 4.69) is 43.4 Å². The Morgan fingerprint density at radius 1 is 1.16 bits per heavy atom. The monoisotopic (exact) mass is 273 g/mol. The Hall–Kier alpha value is -1.16. The minimum absolute atomic E-state index is 0.274. The van der Waals surface area contributed by atoms with Gasteiger partial charge in [-0.25, -0.2) is 0 Å². The summed E-state index contributed by atoms with van der Waals surface area (Å²) in [5.41, 5.74) is 5.38.